The monoisotopic (exact) mass is 329 g/mol. The Morgan fingerprint density at radius 2 is 1.56 bits per heavy atom. The first-order valence-electron chi connectivity index (χ1n) is 8.35. The van der Waals surface area contributed by atoms with Gasteiger partial charge in [0.1, 0.15) is 0 Å². The Bertz CT molecular complexity index is 921. The summed E-state index contributed by atoms with van der Waals surface area (Å²) in [6.07, 6.45) is 0. The summed E-state index contributed by atoms with van der Waals surface area (Å²) in [5.41, 5.74) is 2.45. The highest BCUT2D eigenvalue weighted by molar-refractivity contribution is 6.00. The van der Waals surface area contributed by atoms with E-state index in [1.165, 1.54) is 0 Å². The molecule has 1 amide bonds. The minimum atomic E-state index is -1.46. The number of benzene rings is 3. The molecule has 1 heterocycles. The molecular formula is C22H19NO2. The van der Waals surface area contributed by atoms with E-state index < -0.39 is 5.72 Å². The predicted octanol–water partition coefficient (Wildman–Crippen LogP) is 3.84. The molecule has 1 N–H and O–H groups in total. The summed E-state index contributed by atoms with van der Waals surface area (Å²) in [7, 11) is 0. The lowest BCUT2D eigenvalue weighted by Crippen LogP contribution is -2.44. The molecule has 1 atom stereocenters. The number of nitrogens with zero attached hydrogens (tertiary/aromatic N) is 1. The van der Waals surface area contributed by atoms with Gasteiger partial charge in [0.15, 0.2) is 5.72 Å². The van der Waals surface area contributed by atoms with Crippen LogP contribution in [-0.2, 0) is 12.3 Å². The van der Waals surface area contributed by atoms with Gasteiger partial charge in [-0.3, -0.25) is 9.69 Å². The molecule has 3 aromatic carbocycles. The molecule has 0 radical (unpaired) electrons. The lowest BCUT2D eigenvalue weighted by atomic mass is 9.92. The van der Waals surface area contributed by atoms with Crippen LogP contribution < -0.4 is 0 Å². The summed E-state index contributed by atoms with van der Waals surface area (Å²) in [4.78, 5) is 14.6. The molecule has 25 heavy (non-hydrogen) atoms. The Hall–Kier alpha value is -2.91. The normalized spacial score (nSPS) is 19.1. The second-order valence-electron chi connectivity index (χ2n) is 6.46. The number of aliphatic hydroxyl groups is 1. The van der Waals surface area contributed by atoms with Gasteiger partial charge in [-0.15, -0.1) is 0 Å². The fraction of sp³-hybridized carbons (Fsp3) is 0.136. The van der Waals surface area contributed by atoms with Gasteiger partial charge in [0.25, 0.3) is 5.91 Å². The smallest absolute Gasteiger partial charge is 0.257 e. The van der Waals surface area contributed by atoms with Crippen LogP contribution in [0.3, 0.4) is 0 Å². The molecule has 1 unspecified atom stereocenters. The van der Waals surface area contributed by atoms with Crippen LogP contribution in [0.4, 0.5) is 0 Å². The average Bonchev–Trinajstić information content (AvgIpc) is 2.86. The van der Waals surface area contributed by atoms with Crippen LogP contribution in [0.2, 0.25) is 0 Å². The van der Waals surface area contributed by atoms with Crippen molar-refractivity contribution in [3.8, 4) is 0 Å². The van der Waals surface area contributed by atoms with Gasteiger partial charge in [0.05, 0.1) is 0 Å². The quantitative estimate of drug-likeness (QED) is 0.793. The average molecular weight is 329 g/mol. The van der Waals surface area contributed by atoms with E-state index in [0.717, 1.165) is 11.1 Å². The zero-order valence-corrected chi connectivity index (χ0v) is 14.0. The van der Waals surface area contributed by atoms with Crippen molar-refractivity contribution < 1.29 is 9.90 Å². The maximum atomic E-state index is 13.1. The topological polar surface area (TPSA) is 40.5 Å². The van der Waals surface area contributed by atoms with Gasteiger partial charge >= 0.3 is 0 Å². The van der Waals surface area contributed by atoms with Crippen molar-refractivity contribution in [3.63, 3.8) is 0 Å². The van der Waals surface area contributed by atoms with Gasteiger partial charge in [-0.05, 0) is 18.6 Å². The molecule has 3 aromatic rings. The third-order valence-electron chi connectivity index (χ3n) is 4.78. The van der Waals surface area contributed by atoms with Gasteiger partial charge in [0.2, 0.25) is 0 Å². The number of rotatable bonds is 3. The fourth-order valence-electron chi connectivity index (χ4n) is 3.50. The van der Waals surface area contributed by atoms with E-state index in [1.54, 1.807) is 4.90 Å². The van der Waals surface area contributed by atoms with Crippen LogP contribution in [0.15, 0.2) is 78.9 Å². The number of carbonyl (C=O) groups is 1. The first-order valence-corrected chi connectivity index (χ1v) is 8.35. The Morgan fingerprint density at radius 3 is 2.24 bits per heavy atom. The van der Waals surface area contributed by atoms with Crippen molar-refractivity contribution in [2.24, 2.45) is 0 Å². The first kappa shape index (κ1) is 15.6. The molecule has 3 heteroatoms. The molecule has 0 aromatic heterocycles. The van der Waals surface area contributed by atoms with Crippen molar-refractivity contribution in [3.05, 3.63) is 107 Å². The van der Waals surface area contributed by atoms with E-state index in [2.05, 4.69) is 0 Å². The molecule has 0 saturated heterocycles. The summed E-state index contributed by atoms with van der Waals surface area (Å²) in [5, 5.41) is 11.7. The van der Waals surface area contributed by atoms with Crippen LogP contribution in [-0.4, -0.2) is 15.9 Å². The van der Waals surface area contributed by atoms with E-state index in [4.69, 9.17) is 0 Å². The molecule has 0 bridgehead atoms. The highest BCUT2D eigenvalue weighted by Gasteiger charge is 2.49. The third kappa shape index (κ3) is 2.44. The molecule has 3 nitrogen and oxygen atoms in total. The Labute approximate surface area is 147 Å². The van der Waals surface area contributed by atoms with Crippen LogP contribution >= 0.6 is 0 Å². The third-order valence-corrected chi connectivity index (χ3v) is 4.78. The highest BCUT2D eigenvalue weighted by atomic mass is 16.3. The van der Waals surface area contributed by atoms with Crippen molar-refractivity contribution in [2.45, 2.75) is 19.2 Å². The SMILES string of the molecule is Cc1ccc2c(c1)C(O)(c1ccccc1)N(Cc1ccccc1)C2=O. The van der Waals surface area contributed by atoms with Gasteiger partial charge < -0.3 is 5.11 Å². The van der Waals surface area contributed by atoms with E-state index >= 15 is 0 Å². The number of hydrogen-bond acceptors (Lipinski definition) is 2. The summed E-state index contributed by atoms with van der Waals surface area (Å²) < 4.78 is 0. The molecule has 124 valence electrons. The fourth-order valence-corrected chi connectivity index (χ4v) is 3.50. The molecule has 1 aliphatic rings. The van der Waals surface area contributed by atoms with Crippen molar-refractivity contribution in [2.75, 3.05) is 0 Å². The van der Waals surface area contributed by atoms with Gasteiger partial charge in [-0.25, -0.2) is 0 Å². The molecule has 0 fully saturated rings. The number of hydrogen-bond donors (Lipinski definition) is 1. The molecule has 0 spiro atoms. The summed E-state index contributed by atoms with van der Waals surface area (Å²) in [5.74, 6) is -0.148. The number of carbonyl (C=O) groups excluding carboxylic acids is 1. The van der Waals surface area contributed by atoms with E-state index in [9.17, 15) is 9.90 Å². The van der Waals surface area contributed by atoms with E-state index in [0.29, 0.717) is 23.2 Å². The second kappa shape index (κ2) is 5.87. The predicted molar refractivity (Wildman–Crippen MR) is 96.9 cm³/mol. The lowest BCUT2D eigenvalue weighted by Gasteiger charge is -2.35. The zero-order valence-electron chi connectivity index (χ0n) is 14.0. The second-order valence-corrected chi connectivity index (χ2v) is 6.46. The van der Waals surface area contributed by atoms with E-state index in [1.807, 2.05) is 85.8 Å². The van der Waals surface area contributed by atoms with Crippen molar-refractivity contribution in [1.29, 1.82) is 0 Å². The Balaban J connectivity index is 1.89. The van der Waals surface area contributed by atoms with Crippen LogP contribution in [0.25, 0.3) is 0 Å². The number of amides is 1. The van der Waals surface area contributed by atoms with Crippen LogP contribution in [0, 0.1) is 6.92 Å². The van der Waals surface area contributed by atoms with Gasteiger partial charge in [-0.2, -0.15) is 0 Å². The minimum absolute atomic E-state index is 0.148. The first-order chi connectivity index (χ1) is 12.1. The van der Waals surface area contributed by atoms with Gasteiger partial charge in [0, 0.05) is 23.2 Å². The molecule has 0 saturated carbocycles. The van der Waals surface area contributed by atoms with E-state index in [-0.39, 0.29) is 5.91 Å². The van der Waals surface area contributed by atoms with Gasteiger partial charge in [-0.1, -0.05) is 78.4 Å². The van der Waals surface area contributed by atoms with Crippen LogP contribution in [0.1, 0.15) is 32.6 Å². The zero-order chi connectivity index (χ0) is 17.4. The summed E-state index contributed by atoms with van der Waals surface area (Å²) >= 11 is 0. The maximum absolute atomic E-state index is 13.1. The largest absolute Gasteiger partial charge is 0.363 e. The molecule has 4 rings (SSSR count). The highest BCUT2D eigenvalue weighted by Crippen LogP contribution is 2.43. The lowest BCUT2D eigenvalue weighted by molar-refractivity contribution is -0.0543. The Morgan fingerprint density at radius 1 is 0.920 bits per heavy atom. The standard InChI is InChI=1S/C22H19NO2/c1-16-12-13-19-20(14-16)22(25,18-10-6-3-7-11-18)23(21(19)24)15-17-8-4-2-5-9-17/h2-14,25H,15H2,1H3. The molecular weight excluding hydrogens is 310 g/mol. The number of fused-ring (bicyclic) bond motifs is 1. The Kier molecular flexibility index (Phi) is 3.66. The maximum Gasteiger partial charge on any atom is 0.257 e. The van der Waals surface area contributed by atoms with Crippen molar-refractivity contribution >= 4 is 5.91 Å². The van der Waals surface area contributed by atoms with Crippen LogP contribution in [0.5, 0.6) is 0 Å². The number of aryl methyl sites for hydroxylation is 1. The minimum Gasteiger partial charge on any atom is -0.363 e. The molecule has 1 aliphatic heterocycles. The molecule has 0 aliphatic carbocycles. The van der Waals surface area contributed by atoms with Crippen molar-refractivity contribution in [1.82, 2.24) is 4.90 Å². The summed E-state index contributed by atoms with van der Waals surface area (Å²) in [6.45, 7) is 2.31. The summed E-state index contributed by atoms with van der Waals surface area (Å²) in [6, 6.07) is 24.8.